The minimum Gasteiger partial charge on any atom is -0.493 e. The topological polar surface area (TPSA) is 69.7 Å². The van der Waals surface area contributed by atoms with Crippen molar-refractivity contribution < 1.29 is 23.4 Å². The summed E-state index contributed by atoms with van der Waals surface area (Å²) in [6.45, 7) is 1.77. The van der Waals surface area contributed by atoms with Crippen LogP contribution in [0.3, 0.4) is 0 Å². The van der Waals surface area contributed by atoms with Gasteiger partial charge in [-0.25, -0.2) is 9.37 Å². The summed E-state index contributed by atoms with van der Waals surface area (Å²) in [5.74, 6) is 1.16. The number of amides is 1. The third-order valence-corrected chi connectivity index (χ3v) is 3.73. The van der Waals surface area contributed by atoms with E-state index in [1.807, 2.05) is 19.1 Å². The van der Waals surface area contributed by atoms with Gasteiger partial charge in [0.1, 0.15) is 11.6 Å². The molecular formula is C21H19FN2O4. The van der Waals surface area contributed by atoms with Crippen molar-refractivity contribution >= 4 is 11.6 Å². The Labute approximate surface area is 161 Å². The lowest BCUT2D eigenvalue weighted by atomic mass is 10.2. The minimum absolute atomic E-state index is 0.173. The van der Waals surface area contributed by atoms with Crippen LogP contribution in [0.15, 0.2) is 60.8 Å². The van der Waals surface area contributed by atoms with Gasteiger partial charge in [0.05, 0.1) is 19.0 Å². The molecule has 1 amide bonds. The monoisotopic (exact) mass is 382 g/mol. The number of nitrogens with zero attached hydrogens (tertiary/aromatic N) is 1. The molecule has 0 aliphatic heterocycles. The number of anilines is 1. The lowest BCUT2D eigenvalue weighted by Crippen LogP contribution is -2.20. The van der Waals surface area contributed by atoms with Crippen LogP contribution in [0, 0.1) is 12.7 Å². The zero-order chi connectivity index (χ0) is 19.9. The maximum Gasteiger partial charge on any atom is 0.262 e. The summed E-state index contributed by atoms with van der Waals surface area (Å²) in [7, 11) is 1.54. The maximum atomic E-state index is 12.9. The van der Waals surface area contributed by atoms with Crippen LogP contribution < -0.4 is 19.5 Å². The van der Waals surface area contributed by atoms with E-state index in [0.717, 1.165) is 5.56 Å². The molecule has 0 bridgehead atoms. The minimum atomic E-state index is -0.344. The lowest BCUT2D eigenvalue weighted by Gasteiger charge is -2.11. The van der Waals surface area contributed by atoms with Gasteiger partial charge in [0.15, 0.2) is 18.1 Å². The Morgan fingerprint density at radius 1 is 1.07 bits per heavy atom. The molecule has 0 spiro atoms. The van der Waals surface area contributed by atoms with Crippen LogP contribution in [0.1, 0.15) is 5.56 Å². The molecule has 1 heterocycles. The Morgan fingerprint density at radius 3 is 2.54 bits per heavy atom. The molecule has 0 unspecified atom stereocenters. The molecule has 6 nitrogen and oxygen atoms in total. The number of ether oxygens (including phenoxy) is 3. The van der Waals surface area contributed by atoms with Crippen LogP contribution in [0.4, 0.5) is 10.1 Å². The van der Waals surface area contributed by atoms with Gasteiger partial charge in [0, 0.05) is 6.07 Å². The van der Waals surface area contributed by atoms with Crippen LogP contribution in [-0.2, 0) is 4.79 Å². The van der Waals surface area contributed by atoms with Gasteiger partial charge in [0.2, 0.25) is 5.88 Å². The second-order valence-corrected chi connectivity index (χ2v) is 5.93. The number of aromatic nitrogens is 1. The molecule has 0 saturated heterocycles. The van der Waals surface area contributed by atoms with Crippen LogP contribution in [0.2, 0.25) is 0 Å². The van der Waals surface area contributed by atoms with Crippen molar-refractivity contribution in [2.75, 3.05) is 19.0 Å². The number of methoxy groups -OCH3 is 1. The number of halogens is 1. The van der Waals surface area contributed by atoms with Crippen molar-refractivity contribution in [1.82, 2.24) is 4.98 Å². The maximum absolute atomic E-state index is 12.9. The van der Waals surface area contributed by atoms with Crippen molar-refractivity contribution in [2.24, 2.45) is 0 Å². The lowest BCUT2D eigenvalue weighted by molar-refractivity contribution is -0.118. The number of hydrogen-bond acceptors (Lipinski definition) is 5. The zero-order valence-corrected chi connectivity index (χ0v) is 15.4. The molecule has 1 aromatic heterocycles. The Kier molecular flexibility index (Phi) is 6.06. The van der Waals surface area contributed by atoms with E-state index in [2.05, 4.69) is 10.3 Å². The van der Waals surface area contributed by atoms with Crippen LogP contribution >= 0.6 is 0 Å². The molecular weight excluding hydrogens is 363 g/mol. The van der Waals surface area contributed by atoms with E-state index in [1.54, 1.807) is 25.3 Å². The molecule has 0 radical (unpaired) electrons. The SMILES string of the molecule is COc1cc(C)ccc1OCC(=O)Nc1ccc(Oc2ccc(F)cc2)nc1. The van der Waals surface area contributed by atoms with E-state index >= 15 is 0 Å². The van der Waals surface area contributed by atoms with E-state index in [1.165, 1.54) is 30.5 Å². The Hall–Kier alpha value is -3.61. The van der Waals surface area contributed by atoms with Crippen LogP contribution in [0.25, 0.3) is 0 Å². The summed E-state index contributed by atoms with van der Waals surface area (Å²) in [4.78, 5) is 16.2. The van der Waals surface area contributed by atoms with Gasteiger partial charge in [-0.1, -0.05) is 6.07 Å². The predicted octanol–water partition coefficient (Wildman–Crippen LogP) is 4.35. The third-order valence-electron chi connectivity index (χ3n) is 3.73. The number of nitrogens with one attached hydrogen (secondary N) is 1. The number of hydrogen-bond donors (Lipinski definition) is 1. The number of rotatable bonds is 7. The molecule has 0 saturated carbocycles. The highest BCUT2D eigenvalue weighted by Gasteiger charge is 2.09. The molecule has 3 rings (SSSR count). The third kappa shape index (κ3) is 5.20. The first-order valence-electron chi connectivity index (χ1n) is 8.50. The number of carbonyl (C=O) groups excluding carboxylic acids is 1. The molecule has 0 aliphatic rings. The van der Waals surface area contributed by atoms with Crippen LogP contribution in [0.5, 0.6) is 23.1 Å². The highest BCUT2D eigenvalue weighted by atomic mass is 19.1. The summed E-state index contributed by atoms with van der Waals surface area (Å²) < 4.78 is 29.2. The van der Waals surface area contributed by atoms with Gasteiger partial charge in [-0.3, -0.25) is 4.79 Å². The van der Waals surface area contributed by atoms with Gasteiger partial charge in [-0.15, -0.1) is 0 Å². The molecule has 7 heteroatoms. The molecule has 3 aromatic rings. The first kappa shape index (κ1) is 19.2. The van der Waals surface area contributed by atoms with Gasteiger partial charge in [-0.05, 0) is 55.0 Å². The quantitative estimate of drug-likeness (QED) is 0.658. The van der Waals surface area contributed by atoms with E-state index in [0.29, 0.717) is 28.8 Å². The van der Waals surface area contributed by atoms with Crippen molar-refractivity contribution in [2.45, 2.75) is 6.92 Å². The van der Waals surface area contributed by atoms with Gasteiger partial charge in [-0.2, -0.15) is 0 Å². The van der Waals surface area contributed by atoms with Gasteiger partial charge >= 0.3 is 0 Å². The summed E-state index contributed by atoms with van der Waals surface area (Å²) >= 11 is 0. The molecule has 2 aromatic carbocycles. The van der Waals surface area contributed by atoms with Crippen molar-refractivity contribution in [3.8, 4) is 23.1 Å². The van der Waals surface area contributed by atoms with Crippen molar-refractivity contribution in [3.05, 3.63) is 72.2 Å². The van der Waals surface area contributed by atoms with E-state index < -0.39 is 0 Å². The number of carbonyl (C=O) groups is 1. The summed E-state index contributed by atoms with van der Waals surface area (Å²) in [5.41, 5.74) is 1.53. The van der Waals surface area contributed by atoms with Crippen molar-refractivity contribution in [3.63, 3.8) is 0 Å². The summed E-state index contributed by atoms with van der Waals surface area (Å²) in [6, 6.07) is 14.3. The molecule has 28 heavy (non-hydrogen) atoms. The molecule has 144 valence electrons. The fourth-order valence-corrected chi connectivity index (χ4v) is 2.37. The Balaban J connectivity index is 1.53. The zero-order valence-electron chi connectivity index (χ0n) is 15.4. The average molecular weight is 382 g/mol. The van der Waals surface area contributed by atoms with Gasteiger partial charge < -0.3 is 19.5 Å². The molecule has 0 aliphatic carbocycles. The second-order valence-electron chi connectivity index (χ2n) is 5.93. The van der Waals surface area contributed by atoms with E-state index in [4.69, 9.17) is 14.2 Å². The highest BCUT2D eigenvalue weighted by molar-refractivity contribution is 5.91. The second kappa shape index (κ2) is 8.85. The Bertz CT molecular complexity index is 944. The standard InChI is InChI=1S/C21H19FN2O4/c1-14-3-9-18(19(11-14)26-2)27-13-20(25)24-16-6-10-21(23-12-16)28-17-7-4-15(22)5-8-17/h3-12H,13H2,1-2H3,(H,24,25). The predicted molar refractivity (Wildman–Crippen MR) is 103 cm³/mol. The number of pyridine rings is 1. The summed E-state index contributed by atoms with van der Waals surface area (Å²) in [5, 5.41) is 2.69. The average Bonchev–Trinajstić information content (AvgIpc) is 2.70. The van der Waals surface area contributed by atoms with E-state index in [9.17, 15) is 9.18 Å². The first-order chi connectivity index (χ1) is 13.5. The normalized spacial score (nSPS) is 10.2. The first-order valence-corrected chi connectivity index (χ1v) is 8.50. The van der Waals surface area contributed by atoms with E-state index in [-0.39, 0.29) is 18.3 Å². The fraction of sp³-hybridized carbons (Fsp3) is 0.143. The number of aryl methyl sites for hydroxylation is 1. The molecule has 0 atom stereocenters. The molecule has 1 N–H and O–H groups in total. The summed E-state index contributed by atoms with van der Waals surface area (Å²) in [6.07, 6.45) is 1.46. The smallest absolute Gasteiger partial charge is 0.262 e. The Morgan fingerprint density at radius 2 is 1.86 bits per heavy atom. The molecule has 0 fully saturated rings. The largest absolute Gasteiger partial charge is 0.493 e. The number of benzene rings is 2. The van der Waals surface area contributed by atoms with Gasteiger partial charge in [0.25, 0.3) is 5.91 Å². The van der Waals surface area contributed by atoms with Crippen LogP contribution in [-0.4, -0.2) is 24.6 Å². The highest BCUT2D eigenvalue weighted by Crippen LogP contribution is 2.27. The van der Waals surface area contributed by atoms with Crippen molar-refractivity contribution in [1.29, 1.82) is 0 Å². The fourth-order valence-electron chi connectivity index (χ4n) is 2.37.